The van der Waals surface area contributed by atoms with Gasteiger partial charge in [-0.1, -0.05) is 18.5 Å². The van der Waals surface area contributed by atoms with Crippen LogP contribution in [0, 0.1) is 17.2 Å². The summed E-state index contributed by atoms with van der Waals surface area (Å²) in [5.74, 6) is 0.505. The van der Waals surface area contributed by atoms with Gasteiger partial charge in [0.25, 0.3) is 0 Å². The van der Waals surface area contributed by atoms with Crippen LogP contribution in [0.1, 0.15) is 31.7 Å². The number of benzene rings is 1. The molecular weight excluding hydrogens is 289 g/mol. The Labute approximate surface area is 131 Å². The molecule has 2 nitrogen and oxygen atoms in total. The molecule has 1 saturated carbocycles. The summed E-state index contributed by atoms with van der Waals surface area (Å²) in [7, 11) is 0. The lowest BCUT2D eigenvalue weighted by molar-refractivity contribution is 0.0305. The lowest BCUT2D eigenvalue weighted by Crippen LogP contribution is -2.43. The van der Waals surface area contributed by atoms with Crippen molar-refractivity contribution < 1.29 is 9.13 Å². The van der Waals surface area contributed by atoms with Crippen molar-refractivity contribution in [2.75, 3.05) is 19.7 Å². The molecule has 0 spiro atoms. The van der Waals surface area contributed by atoms with Gasteiger partial charge in [0.15, 0.2) is 0 Å². The summed E-state index contributed by atoms with van der Waals surface area (Å²) < 4.78 is 20.2. The molecule has 1 saturated heterocycles. The molecule has 2 aliphatic rings. The molecule has 0 bridgehead atoms. The van der Waals surface area contributed by atoms with E-state index in [1.807, 2.05) is 0 Å². The molecule has 2 unspecified atom stereocenters. The molecule has 0 amide bonds. The molecule has 4 heteroatoms. The van der Waals surface area contributed by atoms with E-state index in [1.54, 1.807) is 12.1 Å². The summed E-state index contributed by atoms with van der Waals surface area (Å²) >= 11 is 6.05. The molecule has 0 aromatic heterocycles. The minimum atomic E-state index is -0.156. The Morgan fingerprint density at radius 3 is 2.95 bits per heavy atom. The van der Waals surface area contributed by atoms with Gasteiger partial charge in [0.2, 0.25) is 0 Å². The van der Waals surface area contributed by atoms with Crippen molar-refractivity contribution in [3.8, 4) is 0 Å². The maximum atomic E-state index is 14.1. The number of halogens is 2. The van der Waals surface area contributed by atoms with E-state index >= 15 is 0 Å². The first-order valence-corrected chi connectivity index (χ1v) is 8.29. The standard InChI is InChI=1S/C17H23ClFNO/c1-2-20-11-17(7-8-21-16(17)12-3-4-12)10-13-9-14(18)5-6-15(13)19/h5-6,9,12,16,20H,2-4,7-8,10-11H2,1H3. The van der Waals surface area contributed by atoms with Crippen molar-refractivity contribution in [1.82, 2.24) is 5.32 Å². The fraction of sp³-hybridized carbons (Fsp3) is 0.647. The Balaban J connectivity index is 1.86. The van der Waals surface area contributed by atoms with Crippen LogP contribution in [0.4, 0.5) is 4.39 Å². The summed E-state index contributed by atoms with van der Waals surface area (Å²) in [4.78, 5) is 0. The van der Waals surface area contributed by atoms with E-state index in [0.29, 0.717) is 17.4 Å². The number of rotatable bonds is 6. The lowest BCUT2D eigenvalue weighted by atomic mass is 9.74. The number of hydrogen-bond acceptors (Lipinski definition) is 2. The van der Waals surface area contributed by atoms with Gasteiger partial charge in [0.1, 0.15) is 5.82 Å². The molecule has 1 aromatic rings. The summed E-state index contributed by atoms with van der Waals surface area (Å²) in [6, 6.07) is 4.86. The van der Waals surface area contributed by atoms with E-state index < -0.39 is 0 Å². The minimum absolute atomic E-state index is 0.00268. The Morgan fingerprint density at radius 2 is 2.24 bits per heavy atom. The van der Waals surface area contributed by atoms with Crippen LogP contribution in [-0.4, -0.2) is 25.8 Å². The van der Waals surface area contributed by atoms with Crippen LogP contribution >= 0.6 is 11.6 Å². The van der Waals surface area contributed by atoms with Gasteiger partial charge in [0.05, 0.1) is 6.10 Å². The third kappa shape index (κ3) is 3.25. The predicted octanol–water partition coefficient (Wildman–Crippen LogP) is 3.82. The van der Waals surface area contributed by atoms with Crippen molar-refractivity contribution in [2.45, 2.75) is 38.7 Å². The maximum absolute atomic E-state index is 14.1. The lowest BCUT2D eigenvalue weighted by Gasteiger charge is -2.35. The highest BCUT2D eigenvalue weighted by molar-refractivity contribution is 6.30. The molecule has 1 aromatic carbocycles. The van der Waals surface area contributed by atoms with Crippen LogP contribution in [0.5, 0.6) is 0 Å². The van der Waals surface area contributed by atoms with Crippen molar-refractivity contribution in [3.05, 3.63) is 34.6 Å². The summed E-state index contributed by atoms with van der Waals surface area (Å²) in [5.41, 5.74) is 0.722. The zero-order valence-corrected chi connectivity index (χ0v) is 13.3. The third-order valence-electron chi connectivity index (χ3n) is 4.83. The molecule has 116 valence electrons. The topological polar surface area (TPSA) is 21.3 Å². The van der Waals surface area contributed by atoms with Crippen molar-refractivity contribution in [2.24, 2.45) is 11.3 Å². The van der Waals surface area contributed by atoms with Crippen molar-refractivity contribution >= 4 is 11.6 Å². The van der Waals surface area contributed by atoms with Gasteiger partial charge in [-0.15, -0.1) is 0 Å². The molecule has 2 fully saturated rings. The summed E-state index contributed by atoms with van der Waals surface area (Å²) in [5, 5.41) is 4.07. The number of hydrogen-bond donors (Lipinski definition) is 1. The van der Waals surface area contributed by atoms with Crippen LogP contribution in [0.3, 0.4) is 0 Å². The zero-order chi connectivity index (χ0) is 14.9. The van der Waals surface area contributed by atoms with Crippen LogP contribution < -0.4 is 5.32 Å². The third-order valence-corrected chi connectivity index (χ3v) is 5.06. The highest BCUT2D eigenvalue weighted by Crippen LogP contribution is 2.49. The largest absolute Gasteiger partial charge is 0.377 e. The molecule has 1 aliphatic carbocycles. The SMILES string of the molecule is CCNCC1(Cc2cc(Cl)ccc2F)CCOC1C1CC1. The molecule has 1 aliphatic heterocycles. The smallest absolute Gasteiger partial charge is 0.126 e. The van der Waals surface area contributed by atoms with E-state index in [4.69, 9.17) is 16.3 Å². The fourth-order valence-electron chi connectivity index (χ4n) is 3.62. The molecule has 21 heavy (non-hydrogen) atoms. The molecule has 2 atom stereocenters. The fourth-order valence-corrected chi connectivity index (χ4v) is 3.81. The second-order valence-electron chi connectivity index (χ2n) is 6.43. The van der Waals surface area contributed by atoms with E-state index in [2.05, 4.69) is 12.2 Å². The van der Waals surface area contributed by atoms with Crippen molar-refractivity contribution in [1.29, 1.82) is 0 Å². The van der Waals surface area contributed by atoms with Gasteiger partial charge in [-0.2, -0.15) is 0 Å². The van der Waals surface area contributed by atoms with Gasteiger partial charge in [-0.3, -0.25) is 0 Å². The highest BCUT2D eigenvalue weighted by Gasteiger charge is 2.50. The number of nitrogens with one attached hydrogen (secondary N) is 1. The van der Waals surface area contributed by atoms with Gasteiger partial charge < -0.3 is 10.1 Å². The molecule has 1 heterocycles. The van der Waals surface area contributed by atoms with Crippen LogP contribution in [-0.2, 0) is 11.2 Å². The Morgan fingerprint density at radius 1 is 1.43 bits per heavy atom. The highest BCUT2D eigenvalue weighted by atomic mass is 35.5. The monoisotopic (exact) mass is 311 g/mol. The van der Waals surface area contributed by atoms with E-state index in [-0.39, 0.29) is 17.3 Å². The first-order chi connectivity index (χ1) is 10.1. The first-order valence-electron chi connectivity index (χ1n) is 7.91. The summed E-state index contributed by atoms with van der Waals surface area (Å²) in [6.45, 7) is 4.71. The molecule has 0 radical (unpaired) electrons. The van der Waals surface area contributed by atoms with E-state index in [0.717, 1.165) is 31.7 Å². The second kappa shape index (κ2) is 6.23. The Bertz CT molecular complexity index is 506. The normalized spacial score (nSPS) is 29.0. The molecule has 1 N–H and O–H groups in total. The Kier molecular flexibility index (Phi) is 4.53. The van der Waals surface area contributed by atoms with Gasteiger partial charge in [-0.25, -0.2) is 4.39 Å². The second-order valence-corrected chi connectivity index (χ2v) is 6.87. The zero-order valence-electron chi connectivity index (χ0n) is 12.5. The molecule has 3 rings (SSSR count). The quantitative estimate of drug-likeness (QED) is 0.862. The van der Waals surface area contributed by atoms with Crippen LogP contribution in [0.2, 0.25) is 5.02 Å². The predicted molar refractivity (Wildman–Crippen MR) is 83.2 cm³/mol. The number of ether oxygens (including phenoxy) is 1. The Hall–Kier alpha value is -0.640. The first kappa shape index (κ1) is 15.3. The van der Waals surface area contributed by atoms with E-state index in [9.17, 15) is 4.39 Å². The average Bonchev–Trinajstić information content (AvgIpc) is 3.23. The van der Waals surface area contributed by atoms with E-state index in [1.165, 1.54) is 18.9 Å². The average molecular weight is 312 g/mol. The van der Waals surface area contributed by atoms with Crippen LogP contribution in [0.25, 0.3) is 0 Å². The van der Waals surface area contributed by atoms with Gasteiger partial charge in [-0.05, 0) is 61.9 Å². The van der Waals surface area contributed by atoms with Gasteiger partial charge in [0, 0.05) is 23.6 Å². The summed E-state index contributed by atoms with van der Waals surface area (Å²) in [6.07, 6.45) is 4.45. The van der Waals surface area contributed by atoms with Gasteiger partial charge >= 0.3 is 0 Å². The van der Waals surface area contributed by atoms with Crippen molar-refractivity contribution in [3.63, 3.8) is 0 Å². The molecular formula is C17H23ClFNO. The minimum Gasteiger partial charge on any atom is -0.377 e. The maximum Gasteiger partial charge on any atom is 0.126 e. The van der Waals surface area contributed by atoms with Crippen LogP contribution in [0.15, 0.2) is 18.2 Å².